The van der Waals surface area contributed by atoms with Gasteiger partial charge in [0.15, 0.2) is 0 Å². The van der Waals surface area contributed by atoms with Crippen molar-refractivity contribution in [1.29, 1.82) is 5.41 Å². The molecule has 0 aliphatic heterocycles. The summed E-state index contributed by atoms with van der Waals surface area (Å²) in [6.07, 6.45) is 4.77. The number of allylic oxidation sites excluding steroid dienone is 2. The average Bonchev–Trinajstić information content (AvgIpc) is 2.27. The summed E-state index contributed by atoms with van der Waals surface area (Å²) in [6, 6.07) is 3.38. The molecule has 2 rings (SSSR count). The Morgan fingerprint density at radius 2 is 2.18 bits per heavy atom. The summed E-state index contributed by atoms with van der Waals surface area (Å²) in [7, 11) is 0. The fraction of sp³-hybridized carbons (Fsp3) is 0.429. The lowest BCUT2D eigenvalue weighted by atomic mass is 9.94. The molecule has 1 aromatic heterocycles. The van der Waals surface area contributed by atoms with Crippen LogP contribution in [-0.2, 0) is 13.0 Å². The standard InChI is InChI=1S/C14H18N2O/c1-10(2)8-9-16-13-5-3-4-12(15)11(13)6-7-14(16)17/h6-8,15H,3-5,9H2,1-2H3. The summed E-state index contributed by atoms with van der Waals surface area (Å²) in [5.41, 5.74) is 3.90. The van der Waals surface area contributed by atoms with Gasteiger partial charge >= 0.3 is 0 Å². The van der Waals surface area contributed by atoms with Crippen molar-refractivity contribution < 1.29 is 0 Å². The van der Waals surface area contributed by atoms with E-state index in [0.29, 0.717) is 12.3 Å². The van der Waals surface area contributed by atoms with Crippen LogP contribution in [0.1, 0.15) is 37.9 Å². The van der Waals surface area contributed by atoms with E-state index in [1.54, 1.807) is 16.7 Å². The third-order valence-corrected chi connectivity index (χ3v) is 3.14. The Hall–Kier alpha value is -1.64. The summed E-state index contributed by atoms with van der Waals surface area (Å²) < 4.78 is 1.80. The number of hydrogen-bond donors (Lipinski definition) is 1. The molecule has 3 heteroatoms. The molecule has 0 aromatic carbocycles. The zero-order valence-corrected chi connectivity index (χ0v) is 10.4. The summed E-state index contributed by atoms with van der Waals surface area (Å²) in [5, 5.41) is 7.92. The van der Waals surface area contributed by atoms with Gasteiger partial charge in [0.2, 0.25) is 0 Å². The summed E-state index contributed by atoms with van der Waals surface area (Å²) in [4.78, 5) is 11.9. The van der Waals surface area contributed by atoms with E-state index in [1.165, 1.54) is 5.57 Å². The van der Waals surface area contributed by atoms with E-state index in [-0.39, 0.29) is 5.56 Å². The van der Waals surface area contributed by atoms with Gasteiger partial charge < -0.3 is 9.98 Å². The molecule has 17 heavy (non-hydrogen) atoms. The Kier molecular flexibility index (Phi) is 3.27. The van der Waals surface area contributed by atoms with Crippen molar-refractivity contribution in [1.82, 2.24) is 4.57 Å². The smallest absolute Gasteiger partial charge is 0.251 e. The molecule has 0 saturated carbocycles. The fourth-order valence-corrected chi connectivity index (χ4v) is 2.20. The lowest BCUT2D eigenvalue weighted by molar-refractivity contribution is 0.673. The predicted molar refractivity (Wildman–Crippen MR) is 69.9 cm³/mol. The van der Waals surface area contributed by atoms with E-state index in [9.17, 15) is 4.79 Å². The minimum atomic E-state index is 0.0379. The van der Waals surface area contributed by atoms with Gasteiger partial charge in [-0.1, -0.05) is 11.6 Å². The zero-order valence-electron chi connectivity index (χ0n) is 10.4. The maximum absolute atomic E-state index is 11.9. The molecule has 90 valence electrons. The number of aromatic nitrogens is 1. The monoisotopic (exact) mass is 230 g/mol. The third kappa shape index (κ3) is 2.38. The highest BCUT2D eigenvalue weighted by molar-refractivity contribution is 5.99. The van der Waals surface area contributed by atoms with Crippen LogP contribution in [0.25, 0.3) is 0 Å². The van der Waals surface area contributed by atoms with Crippen LogP contribution in [0.5, 0.6) is 0 Å². The molecule has 0 fully saturated rings. The van der Waals surface area contributed by atoms with Gasteiger partial charge in [-0.25, -0.2) is 0 Å². The number of hydrogen-bond acceptors (Lipinski definition) is 2. The molecule has 1 aromatic rings. The van der Waals surface area contributed by atoms with E-state index in [0.717, 1.165) is 30.5 Å². The van der Waals surface area contributed by atoms with Crippen LogP contribution in [0, 0.1) is 5.41 Å². The lowest BCUT2D eigenvalue weighted by Crippen LogP contribution is -2.27. The van der Waals surface area contributed by atoms with Crippen molar-refractivity contribution in [3.8, 4) is 0 Å². The molecule has 0 radical (unpaired) electrons. The van der Waals surface area contributed by atoms with E-state index in [4.69, 9.17) is 5.41 Å². The van der Waals surface area contributed by atoms with Gasteiger partial charge in [-0.05, 0) is 39.2 Å². The molecular formula is C14H18N2O. The molecule has 0 bridgehead atoms. The first-order chi connectivity index (χ1) is 8.09. The minimum Gasteiger partial charge on any atom is -0.308 e. The predicted octanol–water partition coefficient (Wildman–Crippen LogP) is 2.52. The average molecular weight is 230 g/mol. The van der Waals surface area contributed by atoms with Crippen LogP contribution in [0.4, 0.5) is 0 Å². The number of nitrogens with one attached hydrogen (secondary N) is 1. The summed E-state index contributed by atoms with van der Waals surface area (Å²) >= 11 is 0. The normalized spacial score (nSPS) is 14.4. The van der Waals surface area contributed by atoms with Crippen LogP contribution in [0.2, 0.25) is 0 Å². The number of rotatable bonds is 2. The Morgan fingerprint density at radius 1 is 1.41 bits per heavy atom. The third-order valence-electron chi connectivity index (χ3n) is 3.14. The van der Waals surface area contributed by atoms with Crippen molar-refractivity contribution in [2.75, 3.05) is 0 Å². The van der Waals surface area contributed by atoms with Crippen molar-refractivity contribution >= 4 is 5.71 Å². The topological polar surface area (TPSA) is 45.9 Å². The van der Waals surface area contributed by atoms with Crippen molar-refractivity contribution in [2.24, 2.45) is 0 Å². The van der Waals surface area contributed by atoms with Gasteiger partial charge in [0, 0.05) is 29.6 Å². The highest BCUT2D eigenvalue weighted by Gasteiger charge is 2.17. The van der Waals surface area contributed by atoms with Gasteiger partial charge in [0.25, 0.3) is 5.56 Å². The molecule has 0 spiro atoms. The second-order valence-corrected chi connectivity index (χ2v) is 4.76. The van der Waals surface area contributed by atoms with Crippen LogP contribution < -0.4 is 5.56 Å². The van der Waals surface area contributed by atoms with Gasteiger partial charge in [-0.15, -0.1) is 0 Å². The minimum absolute atomic E-state index is 0.0379. The molecular weight excluding hydrogens is 212 g/mol. The van der Waals surface area contributed by atoms with E-state index >= 15 is 0 Å². The molecule has 1 aliphatic rings. The van der Waals surface area contributed by atoms with Crippen LogP contribution in [0.15, 0.2) is 28.6 Å². The van der Waals surface area contributed by atoms with Gasteiger partial charge in [-0.2, -0.15) is 0 Å². The first-order valence-electron chi connectivity index (χ1n) is 6.03. The first-order valence-corrected chi connectivity index (χ1v) is 6.03. The van der Waals surface area contributed by atoms with Crippen LogP contribution in [0.3, 0.4) is 0 Å². The quantitative estimate of drug-likeness (QED) is 0.780. The molecule has 1 N–H and O–H groups in total. The number of pyridine rings is 1. The molecule has 1 aliphatic carbocycles. The maximum atomic E-state index is 11.9. The van der Waals surface area contributed by atoms with Crippen molar-refractivity contribution in [2.45, 2.75) is 39.7 Å². The fourth-order valence-electron chi connectivity index (χ4n) is 2.20. The lowest BCUT2D eigenvalue weighted by Gasteiger charge is -2.20. The Morgan fingerprint density at radius 3 is 2.88 bits per heavy atom. The molecule has 1 heterocycles. The molecule has 0 atom stereocenters. The van der Waals surface area contributed by atoms with Gasteiger partial charge in [0.05, 0.1) is 0 Å². The Balaban J connectivity index is 2.50. The maximum Gasteiger partial charge on any atom is 0.251 e. The van der Waals surface area contributed by atoms with E-state index in [1.807, 2.05) is 13.8 Å². The Bertz CT molecular complexity index is 534. The second kappa shape index (κ2) is 4.70. The highest BCUT2D eigenvalue weighted by atomic mass is 16.1. The van der Waals surface area contributed by atoms with Crippen molar-refractivity contribution in [3.05, 3.63) is 45.4 Å². The van der Waals surface area contributed by atoms with Crippen LogP contribution in [-0.4, -0.2) is 10.3 Å². The molecule has 0 amide bonds. The molecule has 0 saturated heterocycles. The van der Waals surface area contributed by atoms with E-state index < -0.39 is 0 Å². The molecule has 0 unspecified atom stereocenters. The van der Waals surface area contributed by atoms with Crippen molar-refractivity contribution in [3.63, 3.8) is 0 Å². The second-order valence-electron chi connectivity index (χ2n) is 4.76. The highest BCUT2D eigenvalue weighted by Crippen LogP contribution is 2.19. The van der Waals surface area contributed by atoms with Gasteiger partial charge in [-0.3, -0.25) is 4.79 Å². The molecule has 3 nitrogen and oxygen atoms in total. The van der Waals surface area contributed by atoms with E-state index in [2.05, 4.69) is 6.08 Å². The Labute approximate surface area is 101 Å². The number of nitrogens with zero attached hydrogens (tertiary/aromatic N) is 1. The summed E-state index contributed by atoms with van der Waals surface area (Å²) in [6.45, 7) is 4.68. The largest absolute Gasteiger partial charge is 0.308 e. The van der Waals surface area contributed by atoms with Gasteiger partial charge in [0.1, 0.15) is 0 Å². The van der Waals surface area contributed by atoms with Crippen LogP contribution >= 0.6 is 0 Å². The number of fused-ring (bicyclic) bond motifs is 1. The SMILES string of the molecule is CC(C)=CCn1c2c(ccc1=O)C(=N)CCC2. The zero-order chi connectivity index (χ0) is 12.4. The summed E-state index contributed by atoms with van der Waals surface area (Å²) in [5.74, 6) is 0. The first kappa shape index (κ1) is 11.8.